The summed E-state index contributed by atoms with van der Waals surface area (Å²) < 4.78 is 14.0. The molecule has 0 atom stereocenters. The number of hydrogen-bond acceptors (Lipinski definition) is 5. The summed E-state index contributed by atoms with van der Waals surface area (Å²) in [5.74, 6) is -0.459. The molecule has 0 aliphatic heterocycles. The number of esters is 1. The van der Waals surface area contributed by atoms with Crippen molar-refractivity contribution in [1.82, 2.24) is 4.90 Å². The van der Waals surface area contributed by atoms with E-state index in [0.717, 1.165) is 0 Å². The van der Waals surface area contributed by atoms with Crippen molar-refractivity contribution in [2.24, 2.45) is 0 Å². The summed E-state index contributed by atoms with van der Waals surface area (Å²) in [7, 11) is 2.77. The number of nitrogens with zero attached hydrogens (tertiary/aromatic N) is 1. The molecule has 1 amide bonds. The Balaban J connectivity index is 4.11. The van der Waals surface area contributed by atoms with Crippen LogP contribution in [0.15, 0.2) is 0 Å². The normalized spacial score (nSPS) is 9.53. The van der Waals surface area contributed by atoms with Crippen molar-refractivity contribution in [1.29, 1.82) is 0 Å². The Kier molecular flexibility index (Phi) is 7.35. The summed E-state index contributed by atoms with van der Waals surface area (Å²) in [4.78, 5) is 23.5. The third-order valence-corrected chi connectivity index (χ3v) is 1.62. The molecule has 6 nitrogen and oxygen atoms in total. The van der Waals surface area contributed by atoms with Crippen molar-refractivity contribution < 1.29 is 23.8 Å². The van der Waals surface area contributed by atoms with Crippen LogP contribution in [0, 0.1) is 0 Å². The van der Waals surface area contributed by atoms with Gasteiger partial charge in [-0.25, -0.2) is 4.79 Å². The average Bonchev–Trinajstić information content (AvgIpc) is 2.23. The molecule has 0 aromatic rings. The second-order valence-electron chi connectivity index (χ2n) is 2.69. The van der Waals surface area contributed by atoms with Crippen LogP contribution in [0.3, 0.4) is 0 Å². The lowest BCUT2D eigenvalue weighted by Gasteiger charge is -2.19. The Hall–Kier alpha value is -1.30. The van der Waals surface area contributed by atoms with Crippen LogP contribution in [0.25, 0.3) is 0 Å². The Morgan fingerprint density at radius 1 is 1.27 bits per heavy atom. The van der Waals surface area contributed by atoms with E-state index in [4.69, 9.17) is 9.47 Å². The highest BCUT2D eigenvalue weighted by Crippen LogP contribution is 1.94. The van der Waals surface area contributed by atoms with E-state index < -0.39 is 12.1 Å². The maximum atomic E-state index is 11.2. The highest BCUT2D eigenvalue weighted by molar-refractivity contribution is 5.77. The fourth-order valence-electron chi connectivity index (χ4n) is 0.928. The van der Waals surface area contributed by atoms with Gasteiger partial charge >= 0.3 is 12.1 Å². The first-order chi connectivity index (χ1) is 7.15. The van der Waals surface area contributed by atoms with Gasteiger partial charge in [-0.05, 0) is 6.92 Å². The van der Waals surface area contributed by atoms with Crippen LogP contribution < -0.4 is 0 Å². The maximum absolute atomic E-state index is 11.2. The quantitative estimate of drug-likeness (QED) is 0.600. The van der Waals surface area contributed by atoms with Gasteiger partial charge in [0.05, 0.1) is 20.3 Å². The third-order valence-electron chi connectivity index (χ3n) is 1.62. The summed E-state index contributed by atoms with van der Waals surface area (Å²) in [6, 6.07) is 0. The van der Waals surface area contributed by atoms with E-state index in [2.05, 4.69) is 4.74 Å². The first-order valence-corrected chi connectivity index (χ1v) is 4.63. The number of amides is 1. The highest BCUT2D eigenvalue weighted by atomic mass is 16.6. The molecule has 0 N–H and O–H groups in total. The first-order valence-electron chi connectivity index (χ1n) is 4.63. The Morgan fingerprint density at radius 3 is 2.40 bits per heavy atom. The summed E-state index contributed by atoms with van der Waals surface area (Å²) in [5.41, 5.74) is 0. The summed E-state index contributed by atoms with van der Waals surface area (Å²) in [6.45, 7) is 2.51. The predicted molar refractivity (Wildman–Crippen MR) is 52.5 cm³/mol. The number of ether oxygens (including phenoxy) is 3. The molecule has 0 bridgehead atoms. The molecule has 6 heteroatoms. The van der Waals surface area contributed by atoms with Crippen LogP contribution in [0.5, 0.6) is 0 Å². The van der Waals surface area contributed by atoms with Crippen molar-refractivity contribution >= 4 is 12.1 Å². The molecule has 0 spiro atoms. The van der Waals surface area contributed by atoms with Crippen LogP contribution >= 0.6 is 0 Å². The molecule has 0 fully saturated rings. The van der Waals surface area contributed by atoms with Crippen LogP contribution in [-0.2, 0) is 19.0 Å². The van der Waals surface area contributed by atoms with Gasteiger partial charge in [0.1, 0.15) is 6.54 Å². The van der Waals surface area contributed by atoms with E-state index in [-0.39, 0.29) is 13.2 Å². The summed E-state index contributed by atoms with van der Waals surface area (Å²) >= 11 is 0. The Bertz CT molecular complexity index is 207. The topological polar surface area (TPSA) is 65.1 Å². The Morgan fingerprint density at radius 2 is 1.93 bits per heavy atom. The fraction of sp³-hybridized carbons (Fsp3) is 0.778. The first kappa shape index (κ1) is 13.7. The molecule has 0 radical (unpaired) electrons. The third kappa shape index (κ3) is 5.90. The molecular weight excluding hydrogens is 202 g/mol. The molecule has 0 rings (SSSR count). The van der Waals surface area contributed by atoms with E-state index in [1.165, 1.54) is 19.1 Å². The van der Waals surface area contributed by atoms with Gasteiger partial charge in [0.2, 0.25) is 0 Å². The minimum absolute atomic E-state index is 0.121. The van der Waals surface area contributed by atoms with Crippen molar-refractivity contribution in [3.63, 3.8) is 0 Å². The fourth-order valence-corrected chi connectivity index (χ4v) is 0.928. The molecule has 0 heterocycles. The van der Waals surface area contributed by atoms with Crippen LogP contribution in [0.2, 0.25) is 0 Å². The molecule has 0 unspecified atom stereocenters. The zero-order chi connectivity index (χ0) is 11.7. The number of methoxy groups -OCH3 is 2. The molecule has 88 valence electrons. The van der Waals surface area contributed by atoms with Crippen molar-refractivity contribution in [2.75, 3.05) is 40.5 Å². The average molecular weight is 219 g/mol. The van der Waals surface area contributed by atoms with Crippen molar-refractivity contribution in [3.05, 3.63) is 0 Å². The predicted octanol–water partition coefficient (Wildman–Crippen LogP) is 0.264. The number of carbonyl (C=O) groups is 2. The van der Waals surface area contributed by atoms with Crippen LogP contribution in [0.1, 0.15) is 6.92 Å². The van der Waals surface area contributed by atoms with Gasteiger partial charge in [0.15, 0.2) is 0 Å². The lowest BCUT2D eigenvalue weighted by molar-refractivity contribution is -0.144. The zero-order valence-corrected chi connectivity index (χ0v) is 9.32. The van der Waals surface area contributed by atoms with E-state index >= 15 is 0 Å². The molecule has 0 aromatic heterocycles. The Labute approximate surface area is 89.1 Å². The molecule has 0 aliphatic carbocycles. The standard InChI is InChI=1S/C9H17NO5/c1-4-15-8(11)7-10(5-6-13-2)9(12)14-3/h4-7H2,1-3H3. The van der Waals surface area contributed by atoms with E-state index in [1.54, 1.807) is 6.92 Å². The summed E-state index contributed by atoms with van der Waals surface area (Å²) in [6.07, 6.45) is -0.569. The van der Waals surface area contributed by atoms with Gasteiger partial charge in [-0.2, -0.15) is 0 Å². The van der Waals surface area contributed by atoms with Crippen LogP contribution in [0.4, 0.5) is 4.79 Å². The SMILES string of the molecule is CCOC(=O)CN(CCOC)C(=O)OC. The molecule has 0 aliphatic rings. The largest absolute Gasteiger partial charge is 0.465 e. The van der Waals surface area contributed by atoms with E-state index in [9.17, 15) is 9.59 Å². The maximum Gasteiger partial charge on any atom is 0.410 e. The molecule has 15 heavy (non-hydrogen) atoms. The monoisotopic (exact) mass is 219 g/mol. The smallest absolute Gasteiger partial charge is 0.410 e. The van der Waals surface area contributed by atoms with Gasteiger partial charge in [0, 0.05) is 13.7 Å². The summed E-state index contributed by atoms with van der Waals surface area (Å²) in [5, 5.41) is 0. The minimum Gasteiger partial charge on any atom is -0.465 e. The molecule has 0 aromatic carbocycles. The molecular formula is C9H17NO5. The zero-order valence-electron chi connectivity index (χ0n) is 9.32. The van der Waals surface area contributed by atoms with E-state index in [0.29, 0.717) is 13.2 Å². The lowest BCUT2D eigenvalue weighted by atomic mass is 10.5. The number of hydrogen-bond donors (Lipinski definition) is 0. The lowest BCUT2D eigenvalue weighted by Crippen LogP contribution is -2.38. The van der Waals surface area contributed by atoms with Gasteiger partial charge in [0.25, 0.3) is 0 Å². The van der Waals surface area contributed by atoms with Gasteiger partial charge in [-0.15, -0.1) is 0 Å². The molecule has 0 saturated heterocycles. The van der Waals surface area contributed by atoms with Gasteiger partial charge in [-0.1, -0.05) is 0 Å². The van der Waals surface area contributed by atoms with Crippen LogP contribution in [-0.4, -0.2) is 57.5 Å². The highest BCUT2D eigenvalue weighted by Gasteiger charge is 2.17. The van der Waals surface area contributed by atoms with Crippen molar-refractivity contribution in [3.8, 4) is 0 Å². The second-order valence-corrected chi connectivity index (χ2v) is 2.69. The van der Waals surface area contributed by atoms with Gasteiger partial charge in [-0.3, -0.25) is 9.69 Å². The minimum atomic E-state index is -0.569. The second kappa shape index (κ2) is 8.05. The number of carbonyl (C=O) groups excluding carboxylic acids is 2. The van der Waals surface area contributed by atoms with E-state index in [1.807, 2.05) is 0 Å². The van der Waals surface area contributed by atoms with Crippen molar-refractivity contribution in [2.45, 2.75) is 6.92 Å². The number of rotatable bonds is 6. The van der Waals surface area contributed by atoms with Gasteiger partial charge < -0.3 is 14.2 Å². The molecule has 0 saturated carbocycles.